The van der Waals surface area contributed by atoms with Crippen LogP contribution in [0.2, 0.25) is 5.02 Å². The number of rotatable bonds is 6. The zero-order valence-electron chi connectivity index (χ0n) is 9.80. The Morgan fingerprint density at radius 1 is 1.47 bits per heavy atom. The van der Waals surface area contributed by atoms with Crippen molar-refractivity contribution in [3.05, 3.63) is 23.0 Å². The Morgan fingerprint density at radius 2 is 2.18 bits per heavy atom. The van der Waals surface area contributed by atoms with Crippen molar-refractivity contribution in [2.24, 2.45) is 0 Å². The van der Waals surface area contributed by atoms with Gasteiger partial charge in [0, 0.05) is 26.8 Å². The van der Waals surface area contributed by atoms with Crippen molar-refractivity contribution in [1.82, 2.24) is 0 Å². The molecule has 1 atom stereocenters. The van der Waals surface area contributed by atoms with Crippen molar-refractivity contribution >= 4 is 23.0 Å². The minimum atomic E-state index is -0.533. The maximum atomic E-state index is 13.1. The van der Waals surface area contributed by atoms with E-state index in [2.05, 4.69) is 5.32 Å². The third-order valence-corrected chi connectivity index (χ3v) is 2.59. The summed E-state index contributed by atoms with van der Waals surface area (Å²) < 4.78 is 23.2. The number of nitrogens with two attached hydrogens (primary N) is 1. The van der Waals surface area contributed by atoms with Crippen molar-refractivity contribution in [3.8, 4) is 0 Å². The normalized spacial score (nSPS) is 12.5. The molecule has 0 aliphatic rings. The first kappa shape index (κ1) is 14.0. The van der Waals surface area contributed by atoms with Gasteiger partial charge in [0.1, 0.15) is 5.82 Å². The highest BCUT2D eigenvalue weighted by atomic mass is 35.5. The highest BCUT2D eigenvalue weighted by Crippen LogP contribution is 2.26. The monoisotopic (exact) mass is 262 g/mol. The van der Waals surface area contributed by atoms with Crippen LogP contribution in [0, 0.1) is 5.82 Å². The van der Waals surface area contributed by atoms with Crippen LogP contribution in [0.3, 0.4) is 0 Å². The number of halogens is 2. The Kier molecular flexibility index (Phi) is 5.47. The molecular weight excluding hydrogens is 247 g/mol. The Labute approximate surface area is 105 Å². The van der Waals surface area contributed by atoms with Crippen molar-refractivity contribution in [2.75, 3.05) is 38.4 Å². The highest BCUT2D eigenvalue weighted by molar-refractivity contribution is 6.31. The molecule has 0 spiro atoms. The van der Waals surface area contributed by atoms with E-state index in [1.54, 1.807) is 14.2 Å². The van der Waals surface area contributed by atoms with Crippen LogP contribution < -0.4 is 11.1 Å². The molecular formula is C11H16ClFN2O2. The molecule has 0 aromatic heterocycles. The van der Waals surface area contributed by atoms with Gasteiger partial charge in [0.15, 0.2) is 0 Å². The Balaban J connectivity index is 2.65. The molecule has 0 aliphatic carbocycles. The van der Waals surface area contributed by atoms with Gasteiger partial charge in [-0.25, -0.2) is 4.39 Å². The third-order valence-electron chi connectivity index (χ3n) is 2.30. The van der Waals surface area contributed by atoms with Gasteiger partial charge in [-0.15, -0.1) is 0 Å². The predicted octanol–water partition coefficient (Wildman–Crippen LogP) is 2.13. The van der Waals surface area contributed by atoms with E-state index >= 15 is 0 Å². The van der Waals surface area contributed by atoms with Crippen molar-refractivity contribution < 1.29 is 13.9 Å². The third kappa shape index (κ3) is 4.03. The summed E-state index contributed by atoms with van der Waals surface area (Å²) in [4.78, 5) is 0. The van der Waals surface area contributed by atoms with Gasteiger partial charge >= 0.3 is 0 Å². The second kappa shape index (κ2) is 6.64. The number of methoxy groups -OCH3 is 2. The highest BCUT2D eigenvalue weighted by Gasteiger charge is 2.09. The molecule has 0 radical (unpaired) electrons. The average Bonchev–Trinajstić information content (AvgIpc) is 2.30. The molecule has 0 amide bonds. The van der Waals surface area contributed by atoms with E-state index in [-0.39, 0.29) is 11.1 Å². The van der Waals surface area contributed by atoms with Crippen LogP contribution in [0.15, 0.2) is 12.1 Å². The Hall–Kier alpha value is -1.04. The summed E-state index contributed by atoms with van der Waals surface area (Å²) >= 11 is 5.67. The second-order valence-corrected chi connectivity index (χ2v) is 3.95. The second-order valence-electron chi connectivity index (χ2n) is 3.55. The molecule has 6 heteroatoms. The average molecular weight is 263 g/mol. The van der Waals surface area contributed by atoms with Gasteiger partial charge in [0.05, 0.1) is 29.1 Å². The van der Waals surface area contributed by atoms with E-state index in [9.17, 15) is 4.39 Å². The zero-order valence-corrected chi connectivity index (χ0v) is 10.6. The van der Waals surface area contributed by atoms with Gasteiger partial charge in [-0.3, -0.25) is 0 Å². The molecule has 0 saturated heterocycles. The fraction of sp³-hybridized carbons (Fsp3) is 0.455. The lowest BCUT2D eigenvalue weighted by atomic mass is 10.2. The molecule has 1 unspecified atom stereocenters. The molecule has 0 fully saturated rings. The number of ether oxygens (including phenoxy) is 2. The fourth-order valence-corrected chi connectivity index (χ4v) is 1.50. The number of nitrogens with one attached hydrogen (secondary N) is 1. The fourth-order valence-electron chi connectivity index (χ4n) is 1.34. The van der Waals surface area contributed by atoms with Crippen LogP contribution in [-0.2, 0) is 9.47 Å². The van der Waals surface area contributed by atoms with Gasteiger partial charge in [0.25, 0.3) is 0 Å². The molecule has 0 aliphatic heterocycles. The van der Waals surface area contributed by atoms with E-state index in [1.165, 1.54) is 12.1 Å². The van der Waals surface area contributed by atoms with Crippen molar-refractivity contribution in [3.63, 3.8) is 0 Å². The molecule has 0 saturated carbocycles. The summed E-state index contributed by atoms with van der Waals surface area (Å²) in [6.07, 6.45) is -0.108. The number of hydrogen-bond donors (Lipinski definition) is 2. The van der Waals surface area contributed by atoms with Crippen LogP contribution in [0.1, 0.15) is 0 Å². The summed E-state index contributed by atoms with van der Waals surface area (Å²) in [7, 11) is 3.18. The van der Waals surface area contributed by atoms with Gasteiger partial charge in [-0.1, -0.05) is 11.6 Å². The lowest BCUT2D eigenvalue weighted by Crippen LogP contribution is -2.26. The van der Waals surface area contributed by atoms with Crippen LogP contribution >= 0.6 is 11.6 Å². The van der Waals surface area contributed by atoms with Gasteiger partial charge in [-0.2, -0.15) is 0 Å². The number of anilines is 2. The molecule has 1 aromatic rings. The van der Waals surface area contributed by atoms with E-state index in [0.29, 0.717) is 24.5 Å². The number of nitrogen functional groups attached to an aromatic ring is 1. The number of hydrogen-bond acceptors (Lipinski definition) is 4. The van der Waals surface area contributed by atoms with Crippen LogP contribution in [0.25, 0.3) is 0 Å². The maximum Gasteiger partial charge on any atom is 0.143 e. The first-order valence-electron chi connectivity index (χ1n) is 5.08. The Bertz CT molecular complexity index is 377. The molecule has 0 heterocycles. The Morgan fingerprint density at radius 3 is 2.76 bits per heavy atom. The standard InChI is InChI=1S/C11H16ClFN2O2/c1-16-6-7(17-2)5-15-11-3-8(12)9(13)4-10(11)14/h3-4,7,15H,5-6,14H2,1-2H3. The topological polar surface area (TPSA) is 56.5 Å². The minimum Gasteiger partial charge on any atom is -0.397 e. The molecule has 4 nitrogen and oxygen atoms in total. The summed E-state index contributed by atoms with van der Waals surface area (Å²) in [6, 6.07) is 2.63. The van der Waals surface area contributed by atoms with Crippen LogP contribution in [0.4, 0.5) is 15.8 Å². The van der Waals surface area contributed by atoms with E-state index in [0.717, 1.165) is 0 Å². The quantitative estimate of drug-likeness (QED) is 0.771. The lowest BCUT2D eigenvalue weighted by Gasteiger charge is -2.17. The van der Waals surface area contributed by atoms with Crippen molar-refractivity contribution in [2.45, 2.75) is 6.10 Å². The molecule has 3 N–H and O–H groups in total. The van der Waals surface area contributed by atoms with E-state index < -0.39 is 5.82 Å². The van der Waals surface area contributed by atoms with Crippen molar-refractivity contribution in [1.29, 1.82) is 0 Å². The summed E-state index contributed by atoms with van der Waals surface area (Å²) in [5.74, 6) is -0.533. The molecule has 0 bridgehead atoms. The summed E-state index contributed by atoms with van der Waals surface area (Å²) in [6.45, 7) is 0.953. The molecule has 96 valence electrons. The summed E-state index contributed by atoms with van der Waals surface area (Å²) in [5, 5.41) is 3.07. The van der Waals surface area contributed by atoms with Gasteiger partial charge in [-0.05, 0) is 6.07 Å². The first-order valence-corrected chi connectivity index (χ1v) is 5.46. The summed E-state index contributed by atoms with van der Waals surface area (Å²) in [5.41, 5.74) is 6.54. The zero-order chi connectivity index (χ0) is 12.8. The lowest BCUT2D eigenvalue weighted by molar-refractivity contribution is 0.0366. The SMILES string of the molecule is COCC(CNc1cc(Cl)c(F)cc1N)OC. The van der Waals surface area contributed by atoms with Gasteiger partial charge < -0.3 is 20.5 Å². The van der Waals surface area contributed by atoms with Gasteiger partial charge in [0.2, 0.25) is 0 Å². The minimum absolute atomic E-state index is 0.0300. The van der Waals surface area contributed by atoms with E-state index in [4.69, 9.17) is 26.8 Å². The molecule has 17 heavy (non-hydrogen) atoms. The predicted molar refractivity (Wildman–Crippen MR) is 67.0 cm³/mol. The van der Waals surface area contributed by atoms with E-state index in [1.807, 2.05) is 0 Å². The number of benzene rings is 1. The molecule has 1 rings (SSSR count). The largest absolute Gasteiger partial charge is 0.397 e. The first-order chi connectivity index (χ1) is 8.08. The van der Waals surface area contributed by atoms with Crippen LogP contribution in [-0.4, -0.2) is 33.5 Å². The smallest absolute Gasteiger partial charge is 0.143 e. The molecule has 1 aromatic carbocycles. The van der Waals surface area contributed by atoms with Crippen LogP contribution in [0.5, 0.6) is 0 Å². The maximum absolute atomic E-state index is 13.1.